The van der Waals surface area contributed by atoms with E-state index in [1.807, 2.05) is 48.2 Å². The van der Waals surface area contributed by atoms with Crippen LogP contribution in [0.25, 0.3) is 0 Å². The topological polar surface area (TPSA) is 32.3 Å². The number of amides is 1. The number of carbonyl (C=O) groups is 1. The lowest BCUT2D eigenvalue weighted by Crippen LogP contribution is -2.36. The van der Waals surface area contributed by atoms with E-state index in [2.05, 4.69) is 5.32 Å². The molecule has 0 aliphatic carbocycles. The molecule has 0 fully saturated rings. The molecule has 2 aromatic carbocycles. The van der Waals surface area contributed by atoms with Crippen LogP contribution in [0, 0.1) is 5.82 Å². The van der Waals surface area contributed by atoms with Gasteiger partial charge < -0.3 is 5.32 Å². The van der Waals surface area contributed by atoms with Crippen LogP contribution in [0.15, 0.2) is 54.6 Å². The van der Waals surface area contributed by atoms with Crippen LogP contribution in [0.5, 0.6) is 0 Å². The van der Waals surface area contributed by atoms with Gasteiger partial charge in [-0.2, -0.15) is 0 Å². The van der Waals surface area contributed by atoms with Gasteiger partial charge in [-0.1, -0.05) is 49.4 Å². The molecule has 0 aromatic heterocycles. The molecule has 0 aliphatic rings. The van der Waals surface area contributed by atoms with E-state index in [9.17, 15) is 9.18 Å². The van der Waals surface area contributed by atoms with Gasteiger partial charge >= 0.3 is 0 Å². The molecule has 1 N–H and O–H groups in total. The SMILES string of the molecule is CCN(CC(=O)NCc1ccccc1)Cc1cccc(F)c1. The van der Waals surface area contributed by atoms with Crippen molar-refractivity contribution in [3.05, 3.63) is 71.5 Å². The molecule has 0 spiro atoms. The lowest BCUT2D eigenvalue weighted by Gasteiger charge is -2.20. The molecule has 0 saturated carbocycles. The van der Waals surface area contributed by atoms with Gasteiger partial charge in [-0.3, -0.25) is 9.69 Å². The minimum absolute atomic E-state index is 0.0258. The first-order valence-corrected chi connectivity index (χ1v) is 7.45. The Hall–Kier alpha value is -2.20. The van der Waals surface area contributed by atoms with Crippen molar-refractivity contribution in [1.29, 1.82) is 0 Å². The van der Waals surface area contributed by atoms with Crippen LogP contribution in [0.2, 0.25) is 0 Å². The molecule has 0 atom stereocenters. The van der Waals surface area contributed by atoms with Crippen LogP contribution in [-0.4, -0.2) is 23.9 Å². The van der Waals surface area contributed by atoms with Crippen molar-refractivity contribution in [2.75, 3.05) is 13.1 Å². The summed E-state index contributed by atoms with van der Waals surface area (Å²) >= 11 is 0. The first kappa shape index (κ1) is 16.2. The van der Waals surface area contributed by atoms with Gasteiger partial charge in [-0.15, -0.1) is 0 Å². The fourth-order valence-corrected chi connectivity index (χ4v) is 2.23. The first-order chi connectivity index (χ1) is 10.7. The number of hydrogen-bond acceptors (Lipinski definition) is 2. The van der Waals surface area contributed by atoms with Gasteiger partial charge in [0.15, 0.2) is 0 Å². The van der Waals surface area contributed by atoms with E-state index in [0.717, 1.165) is 17.7 Å². The summed E-state index contributed by atoms with van der Waals surface area (Å²) < 4.78 is 13.2. The Balaban J connectivity index is 1.83. The van der Waals surface area contributed by atoms with E-state index >= 15 is 0 Å². The van der Waals surface area contributed by atoms with Crippen molar-refractivity contribution in [3.8, 4) is 0 Å². The third-order valence-corrected chi connectivity index (χ3v) is 3.44. The molecule has 0 saturated heterocycles. The van der Waals surface area contributed by atoms with Crippen molar-refractivity contribution in [2.45, 2.75) is 20.0 Å². The van der Waals surface area contributed by atoms with Gasteiger partial charge in [0.05, 0.1) is 6.54 Å². The van der Waals surface area contributed by atoms with E-state index in [-0.39, 0.29) is 11.7 Å². The largest absolute Gasteiger partial charge is 0.351 e. The summed E-state index contributed by atoms with van der Waals surface area (Å²) in [6.07, 6.45) is 0. The highest BCUT2D eigenvalue weighted by Gasteiger charge is 2.10. The fraction of sp³-hybridized carbons (Fsp3) is 0.278. The Morgan fingerprint density at radius 2 is 1.82 bits per heavy atom. The predicted octanol–water partition coefficient (Wildman–Crippen LogP) is 2.96. The quantitative estimate of drug-likeness (QED) is 0.852. The second-order valence-electron chi connectivity index (χ2n) is 5.20. The number of carbonyl (C=O) groups excluding carboxylic acids is 1. The minimum Gasteiger partial charge on any atom is -0.351 e. The number of rotatable bonds is 7. The maximum Gasteiger partial charge on any atom is 0.234 e. The van der Waals surface area contributed by atoms with E-state index < -0.39 is 0 Å². The molecule has 0 bridgehead atoms. The summed E-state index contributed by atoms with van der Waals surface area (Å²) in [7, 11) is 0. The minimum atomic E-state index is -0.248. The standard InChI is InChI=1S/C18H21FN2O/c1-2-21(13-16-9-6-10-17(19)11-16)14-18(22)20-12-15-7-4-3-5-8-15/h3-11H,2,12-14H2,1H3,(H,20,22). The molecule has 116 valence electrons. The monoisotopic (exact) mass is 300 g/mol. The molecule has 0 aliphatic heterocycles. The summed E-state index contributed by atoms with van der Waals surface area (Å²) in [6, 6.07) is 16.3. The van der Waals surface area contributed by atoms with Crippen LogP contribution >= 0.6 is 0 Å². The maximum atomic E-state index is 13.2. The molecule has 4 heteroatoms. The zero-order chi connectivity index (χ0) is 15.8. The summed E-state index contributed by atoms with van der Waals surface area (Å²) in [4.78, 5) is 14.0. The average Bonchev–Trinajstić information content (AvgIpc) is 2.53. The van der Waals surface area contributed by atoms with Crippen LogP contribution in [0.4, 0.5) is 4.39 Å². The molecule has 0 radical (unpaired) electrons. The van der Waals surface area contributed by atoms with Crippen molar-refractivity contribution in [1.82, 2.24) is 10.2 Å². The summed E-state index contributed by atoms with van der Waals surface area (Å²) in [6.45, 7) is 4.11. The van der Waals surface area contributed by atoms with Gasteiger partial charge in [0, 0.05) is 13.1 Å². The van der Waals surface area contributed by atoms with E-state index in [0.29, 0.717) is 19.6 Å². The Morgan fingerprint density at radius 3 is 2.50 bits per heavy atom. The number of halogens is 1. The molecule has 0 unspecified atom stereocenters. The molecule has 3 nitrogen and oxygen atoms in total. The van der Waals surface area contributed by atoms with Crippen molar-refractivity contribution >= 4 is 5.91 Å². The molecule has 0 heterocycles. The number of hydrogen-bond donors (Lipinski definition) is 1. The smallest absolute Gasteiger partial charge is 0.234 e. The van der Waals surface area contributed by atoms with Crippen LogP contribution in [0.1, 0.15) is 18.1 Å². The Bertz CT molecular complexity index is 601. The van der Waals surface area contributed by atoms with E-state index in [1.54, 1.807) is 6.07 Å². The number of likely N-dealkylation sites (N-methyl/N-ethyl adjacent to an activating group) is 1. The highest BCUT2D eigenvalue weighted by atomic mass is 19.1. The summed E-state index contributed by atoms with van der Waals surface area (Å²) in [5.74, 6) is -0.274. The molecular formula is C18H21FN2O. The zero-order valence-electron chi connectivity index (χ0n) is 12.8. The van der Waals surface area contributed by atoms with E-state index in [4.69, 9.17) is 0 Å². The molecular weight excluding hydrogens is 279 g/mol. The molecule has 22 heavy (non-hydrogen) atoms. The van der Waals surface area contributed by atoms with Gasteiger partial charge in [-0.25, -0.2) is 4.39 Å². The van der Waals surface area contributed by atoms with Crippen LogP contribution < -0.4 is 5.32 Å². The van der Waals surface area contributed by atoms with Gasteiger partial charge in [0.2, 0.25) is 5.91 Å². The second kappa shape index (κ2) is 8.29. The van der Waals surface area contributed by atoms with Crippen molar-refractivity contribution in [3.63, 3.8) is 0 Å². The Kier molecular flexibility index (Phi) is 6.10. The molecule has 1 amide bonds. The average molecular weight is 300 g/mol. The fourth-order valence-electron chi connectivity index (χ4n) is 2.23. The van der Waals surface area contributed by atoms with Crippen LogP contribution in [-0.2, 0) is 17.9 Å². The van der Waals surface area contributed by atoms with Gasteiger partial charge in [0.25, 0.3) is 0 Å². The lowest BCUT2D eigenvalue weighted by atomic mass is 10.2. The third kappa shape index (κ3) is 5.30. The number of nitrogens with zero attached hydrogens (tertiary/aromatic N) is 1. The highest BCUT2D eigenvalue weighted by Crippen LogP contribution is 2.07. The number of nitrogens with one attached hydrogen (secondary N) is 1. The molecule has 2 aromatic rings. The van der Waals surface area contributed by atoms with Crippen molar-refractivity contribution in [2.24, 2.45) is 0 Å². The van der Waals surface area contributed by atoms with Crippen molar-refractivity contribution < 1.29 is 9.18 Å². The summed E-state index contributed by atoms with van der Waals surface area (Å²) in [5, 5.41) is 2.91. The second-order valence-corrected chi connectivity index (χ2v) is 5.20. The highest BCUT2D eigenvalue weighted by molar-refractivity contribution is 5.78. The number of benzene rings is 2. The normalized spacial score (nSPS) is 10.7. The zero-order valence-corrected chi connectivity index (χ0v) is 12.8. The van der Waals surface area contributed by atoms with Gasteiger partial charge in [-0.05, 0) is 29.8 Å². The Morgan fingerprint density at radius 1 is 1.09 bits per heavy atom. The first-order valence-electron chi connectivity index (χ1n) is 7.45. The van der Waals surface area contributed by atoms with E-state index in [1.165, 1.54) is 12.1 Å². The van der Waals surface area contributed by atoms with Crippen LogP contribution in [0.3, 0.4) is 0 Å². The third-order valence-electron chi connectivity index (χ3n) is 3.44. The maximum absolute atomic E-state index is 13.2. The van der Waals surface area contributed by atoms with Gasteiger partial charge in [0.1, 0.15) is 5.82 Å². The predicted molar refractivity (Wildman–Crippen MR) is 85.6 cm³/mol. The summed E-state index contributed by atoms with van der Waals surface area (Å²) in [5.41, 5.74) is 1.95. The molecule has 2 rings (SSSR count). The Labute approximate surface area is 130 Å². The lowest BCUT2D eigenvalue weighted by molar-refractivity contribution is -0.122.